The summed E-state index contributed by atoms with van der Waals surface area (Å²) in [5.74, 6) is -1.15. The Balaban J connectivity index is 1.73. The van der Waals surface area contributed by atoms with Crippen molar-refractivity contribution in [2.45, 2.75) is 26.6 Å². The third-order valence-corrected chi connectivity index (χ3v) is 5.97. The summed E-state index contributed by atoms with van der Waals surface area (Å²) >= 11 is 12.0. The number of nitrogens with one attached hydrogen (secondary N) is 1. The Morgan fingerprint density at radius 3 is 2.35 bits per heavy atom. The van der Waals surface area contributed by atoms with E-state index in [0.717, 1.165) is 5.56 Å². The Morgan fingerprint density at radius 2 is 1.71 bits per heavy atom. The predicted molar refractivity (Wildman–Crippen MR) is 122 cm³/mol. The lowest BCUT2D eigenvalue weighted by atomic mass is 10.1. The highest BCUT2D eigenvalue weighted by Crippen LogP contribution is 2.34. The molecule has 0 bridgehead atoms. The number of aromatic nitrogens is 3. The summed E-state index contributed by atoms with van der Waals surface area (Å²) in [4.78, 5) is 16.8. The van der Waals surface area contributed by atoms with E-state index < -0.39 is 17.8 Å². The van der Waals surface area contributed by atoms with Gasteiger partial charge >= 0.3 is 6.18 Å². The second-order valence-electron chi connectivity index (χ2n) is 7.62. The van der Waals surface area contributed by atoms with Crippen molar-refractivity contribution < 1.29 is 22.4 Å². The Hall–Kier alpha value is -3.17. The van der Waals surface area contributed by atoms with Crippen LogP contribution in [0.15, 0.2) is 42.5 Å². The molecular formula is C23H16Cl2F4N4O. The number of hydrogen-bond donors (Lipinski definition) is 1. The number of carbonyl (C=O) groups is 1. The first-order valence-electron chi connectivity index (χ1n) is 9.91. The van der Waals surface area contributed by atoms with E-state index in [-0.39, 0.29) is 32.3 Å². The third-order valence-electron chi connectivity index (χ3n) is 5.25. The van der Waals surface area contributed by atoms with E-state index in [1.54, 1.807) is 30.7 Å². The van der Waals surface area contributed by atoms with Crippen molar-refractivity contribution in [3.05, 3.63) is 86.5 Å². The van der Waals surface area contributed by atoms with E-state index in [1.807, 2.05) is 0 Å². The zero-order valence-electron chi connectivity index (χ0n) is 17.8. The zero-order valence-corrected chi connectivity index (χ0v) is 19.3. The molecule has 0 aliphatic heterocycles. The average Bonchev–Trinajstić information content (AvgIpc) is 3.02. The smallest absolute Gasteiger partial charge is 0.319 e. The highest BCUT2D eigenvalue weighted by molar-refractivity contribution is 6.43. The summed E-state index contributed by atoms with van der Waals surface area (Å²) in [5.41, 5.74) is 0.561. The van der Waals surface area contributed by atoms with E-state index >= 15 is 0 Å². The molecule has 2 aromatic heterocycles. The maximum absolute atomic E-state index is 13.4. The number of fused-ring (bicyclic) bond motifs is 1. The lowest BCUT2D eigenvalue weighted by Gasteiger charge is -2.13. The van der Waals surface area contributed by atoms with Crippen molar-refractivity contribution in [2.75, 3.05) is 5.32 Å². The summed E-state index contributed by atoms with van der Waals surface area (Å²) in [6.07, 6.45) is -4.78. The van der Waals surface area contributed by atoms with Crippen LogP contribution in [-0.2, 0) is 12.7 Å². The van der Waals surface area contributed by atoms with Crippen molar-refractivity contribution in [1.82, 2.24) is 14.8 Å². The first kappa shape index (κ1) is 24.0. The number of alkyl halides is 3. The number of aryl methyl sites for hydroxylation is 1. The second kappa shape index (κ2) is 8.88. The number of halogens is 6. The molecular weight excluding hydrogens is 495 g/mol. The highest BCUT2D eigenvalue weighted by Gasteiger charge is 2.34. The average molecular weight is 511 g/mol. The summed E-state index contributed by atoms with van der Waals surface area (Å²) in [5, 5.41) is 7.27. The number of benzene rings is 2. The van der Waals surface area contributed by atoms with Crippen LogP contribution in [0.1, 0.15) is 33.0 Å². The first-order valence-corrected chi connectivity index (χ1v) is 10.7. The molecule has 0 saturated heterocycles. The first-order chi connectivity index (χ1) is 15.9. The van der Waals surface area contributed by atoms with Crippen LogP contribution in [0.25, 0.3) is 10.9 Å². The van der Waals surface area contributed by atoms with Crippen LogP contribution in [-0.4, -0.2) is 20.7 Å². The molecule has 2 aromatic carbocycles. The minimum atomic E-state index is -4.78. The predicted octanol–water partition coefficient (Wildman–Crippen LogP) is 6.81. The van der Waals surface area contributed by atoms with Crippen LogP contribution in [0, 0.1) is 19.7 Å². The molecule has 176 valence electrons. The molecule has 5 nitrogen and oxygen atoms in total. The summed E-state index contributed by atoms with van der Waals surface area (Å²) < 4.78 is 55.1. The topological polar surface area (TPSA) is 59.8 Å². The molecule has 0 aliphatic carbocycles. The lowest BCUT2D eigenvalue weighted by Crippen LogP contribution is -2.17. The molecule has 11 heteroatoms. The fourth-order valence-corrected chi connectivity index (χ4v) is 3.85. The van der Waals surface area contributed by atoms with Gasteiger partial charge in [-0.25, -0.2) is 9.37 Å². The van der Waals surface area contributed by atoms with Gasteiger partial charge in [-0.3, -0.25) is 9.48 Å². The monoisotopic (exact) mass is 510 g/mol. The van der Waals surface area contributed by atoms with E-state index in [1.165, 1.54) is 24.3 Å². The lowest BCUT2D eigenvalue weighted by molar-refractivity contribution is -0.140. The van der Waals surface area contributed by atoms with Gasteiger partial charge in [-0.15, -0.1) is 0 Å². The Labute approximate surface area is 201 Å². The van der Waals surface area contributed by atoms with E-state index in [4.69, 9.17) is 23.2 Å². The molecule has 4 aromatic rings. The van der Waals surface area contributed by atoms with Crippen LogP contribution in [0.4, 0.5) is 23.2 Å². The molecule has 34 heavy (non-hydrogen) atoms. The Morgan fingerprint density at radius 1 is 1.06 bits per heavy atom. The number of anilines is 1. The molecule has 0 spiro atoms. The van der Waals surface area contributed by atoms with Crippen LogP contribution < -0.4 is 5.32 Å². The van der Waals surface area contributed by atoms with Gasteiger partial charge in [0, 0.05) is 5.39 Å². The minimum Gasteiger partial charge on any atom is -0.319 e. The molecule has 0 atom stereocenters. The SMILES string of the molecule is Cc1nn(Cc2ccc(F)cc2)c(C)c1NC(=O)c1cc(C(F)(F)F)nc2cc(Cl)c(Cl)cc12. The van der Waals surface area contributed by atoms with Crippen molar-refractivity contribution in [1.29, 1.82) is 0 Å². The van der Waals surface area contributed by atoms with Crippen molar-refractivity contribution in [3.63, 3.8) is 0 Å². The standard InChI is InChI=1S/C23H16Cl2F4N4O/c1-11-21(12(2)33(32-11)10-13-3-5-14(26)6-4-13)31-22(34)16-8-20(23(27,28)29)30-19-9-18(25)17(24)7-15(16)19/h3-9H,10H2,1-2H3,(H,31,34). The molecule has 0 radical (unpaired) electrons. The number of nitrogens with zero attached hydrogens (tertiary/aromatic N) is 3. The van der Waals surface area contributed by atoms with Gasteiger partial charge in [0.2, 0.25) is 0 Å². The fraction of sp³-hybridized carbons (Fsp3) is 0.174. The fourth-order valence-electron chi connectivity index (χ4n) is 3.53. The van der Waals surface area contributed by atoms with Crippen molar-refractivity contribution in [3.8, 4) is 0 Å². The van der Waals surface area contributed by atoms with E-state index in [0.29, 0.717) is 29.7 Å². The number of pyridine rings is 1. The Bertz CT molecular complexity index is 1420. The maximum atomic E-state index is 13.4. The third kappa shape index (κ3) is 4.71. The molecule has 0 unspecified atom stereocenters. The van der Waals surface area contributed by atoms with E-state index in [2.05, 4.69) is 15.4 Å². The van der Waals surface area contributed by atoms with Gasteiger partial charge in [-0.2, -0.15) is 18.3 Å². The van der Waals surface area contributed by atoms with Gasteiger partial charge in [0.05, 0.1) is 44.7 Å². The number of hydrogen-bond acceptors (Lipinski definition) is 3. The van der Waals surface area contributed by atoms with Gasteiger partial charge in [0.15, 0.2) is 0 Å². The molecule has 0 aliphatic rings. The molecule has 1 amide bonds. The van der Waals surface area contributed by atoms with Crippen molar-refractivity contribution >= 4 is 45.7 Å². The maximum Gasteiger partial charge on any atom is 0.433 e. The molecule has 1 N–H and O–H groups in total. The number of rotatable bonds is 4. The number of amides is 1. The largest absolute Gasteiger partial charge is 0.433 e. The minimum absolute atomic E-state index is 0.0149. The van der Waals surface area contributed by atoms with Crippen LogP contribution >= 0.6 is 23.2 Å². The molecule has 2 heterocycles. The van der Waals surface area contributed by atoms with Gasteiger partial charge in [0.1, 0.15) is 11.5 Å². The molecule has 0 saturated carbocycles. The van der Waals surface area contributed by atoms with Gasteiger partial charge in [-0.1, -0.05) is 35.3 Å². The molecule has 4 rings (SSSR count). The van der Waals surface area contributed by atoms with Gasteiger partial charge in [0.25, 0.3) is 5.91 Å². The van der Waals surface area contributed by atoms with E-state index in [9.17, 15) is 22.4 Å². The zero-order chi connectivity index (χ0) is 24.8. The quantitative estimate of drug-likeness (QED) is 0.306. The van der Waals surface area contributed by atoms with Crippen LogP contribution in [0.2, 0.25) is 10.0 Å². The number of carbonyl (C=O) groups excluding carboxylic acids is 1. The molecule has 0 fully saturated rings. The van der Waals surface area contributed by atoms with Gasteiger partial charge in [-0.05, 0) is 49.7 Å². The summed E-state index contributed by atoms with van der Waals surface area (Å²) in [7, 11) is 0. The van der Waals surface area contributed by atoms with Crippen molar-refractivity contribution in [2.24, 2.45) is 0 Å². The van der Waals surface area contributed by atoms with Crippen LogP contribution in [0.3, 0.4) is 0 Å². The second-order valence-corrected chi connectivity index (χ2v) is 8.43. The summed E-state index contributed by atoms with van der Waals surface area (Å²) in [6, 6.07) is 9.04. The van der Waals surface area contributed by atoms with Crippen LogP contribution in [0.5, 0.6) is 0 Å². The normalized spacial score (nSPS) is 11.8. The Kier molecular flexibility index (Phi) is 6.26. The van der Waals surface area contributed by atoms with Gasteiger partial charge < -0.3 is 5.32 Å². The highest BCUT2D eigenvalue weighted by atomic mass is 35.5. The summed E-state index contributed by atoms with van der Waals surface area (Å²) in [6.45, 7) is 3.68.